The van der Waals surface area contributed by atoms with E-state index in [9.17, 15) is 4.79 Å². The highest BCUT2D eigenvalue weighted by Crippen LogP contribution is 2.20. The molecule has 0 fully saturated rings. The van der Waals surface area contributed by atoms with E-state index < -0.39 is 5.97 Å². The minimum absolute atomic E-state index is 0.0810. The summed E-state index contributed by atoms with van der Waals surface area (Å²) < 4.78 is 5.46. The third kappa shape index (κ3) is 2.65. The lowest BCUT2D eigenvalue weighted by atomic mass is 10.3. The van der Waals surface area contributed by atoms with Gasteiger partial charge >= 0.3 is 5.97 Å². The van der Waals surface area contributed by atoms with Gasteiger partial charge in [-0.1, -0.05) is 0 Å². The molecule has 0 saturated heterocycles. The molecule has 0 aromatic carbocycles. The van der Waals surface area contributed by atoms with Gasteiger partial charge < -0.3 is 9.84 Å². The van der Waals surface area contributed by atoms with Crippen molar-refractivity contribution in [3.63, 3.8) is 0 Å². The van der Waals surface area contributed by atoms with Gasteiger partial charge in [-0.25, -0.2) is 14.8 Å². The van der Waals surface area contributed by atoms with Crippen molar-refractivity contribution in [3.05, 3.63) is 39.6 Å². The Morgan fingerprint density at radius 1 is 1.50 bits per heavy atom. The van der Waals surface area contributed by atoms with Crippen molar-refractivity contribution in [2.45, 2.75) is 20.5 Å². The van der Waals surface area contributed by atoms with Crippen molar-refractivity contribution >= 4 is 17.3 Å². The Balaban J connectivity index is 2.13. The summed E-state index contributed by atoms with van der Waals surface area (Å²) >= 11 is 1.54. The molecule has 0 unspecified atom stereocenters. The largest absolute Gasteiger partial charge is 0.484 e. The summed E-state index contributed by atoms with van der Waals surface area (Å²) in [5.74, 6) is -0.840. The summed E-state index contributed by atoms with van der Waals surface area (Å²) in [4.78, 5) is 20.2. The van der Waals surface area contributed by atoms with Crippen LogP contribution < -0.4 is 4.74 Å². The van der Waals surface area contributed by atoms with Crippen LogP contribution in [0, 0.1) is 13.8 Å². The van der Waals surface area contributed by atoms with Gasteiger partial charge in [0.25, 0.3) is 0 Å². The fourth-order valence-corrected chi connectivity index (χ4v) is 2.26. The van der Waals surface area contributed by atoms with Crippen molar-refractivity contribution in [2.24, 2.45) is 0 Å². The van der Waals surface area contributed by atoms with E-state index in [1.54, 1.807) is 23.5 Å². The van der Waals surface area contributed by atoms with Crippen molar-refractivity contribution in [1.29, 1.82) is 0 Å². The second-order valence-corrected chi connectivity index (χ2v) is 4.98. The zero-order chi connectivity index (χ0) is 13.1. The maximum Gasteiger partial charge on any atom is 0.358 e. The molecule has 1 N–H and O–H groups in total. The number of thiazole rings is 1. The molecular formula is C12H12N2O3S. The molecule has 5 nitrogen and oxygen atoms in total. The first kappa shape index (κ1) is 12.5. The number of aromatic carboxylic acids is 1. The van der Waals surface area contributed by atoms with Gasteiger partial charge in [0.05, 0.1) is 5.69 Å². The Morgan fingerprint density at radius 2 is 2.28 bits per heavy atom. The van der Waals surface area contributed by atoms with Crippen LogP contribution in [0.25, 0.3) is 0 Å². The minimum Gasteiger partial charge on any atom is -0.484 e. The predicted molar refractivity (Wildman–Crippen MR) is 67.1 cm³/mol. The number of carboxylic acid groups (broad SMARTS) is 1. The van der Waals surface area contributed by atoms with Gasteiger partial charge in [-0.05, 0) is 26.0 Å². The Labute approximate surface area is 108 Å². The lowest BCUT2D eigenvalue weighted by Gasteiger charge is -2.05. The van der Waals surface area contributed by atoms with Crippen molar-refractivity contribution in [1.82, 2.24) is 9.97 Å². The number of nitrogens with zero attached hydrogens (tertiary/aromatic N) is 2. The molecule has 2 heterocycles. The number of ether oxygens (including phenoxy) is 1. The summed E-state index contributed by atoms with van der Waals surface area (Å²) in [6, 6.07) is 3.23. The highest BCUT2D eigenvalue weighted by molar-refractivity contribution is 7.11. The highest BCUT2D eigenvalue weighted by Gasteiger charge is 2.13. The number of carboxylic acids is 1. The molecule has 0 aliphatic carbocycles. The third-order valence-electron chi connectivity index (χ3n) is 2.40. The van der Waals surface area contributed by atoms with Crippen LogP contribution in [0.15, 0.2) is 18.3 Å². The molecule has 0 amide bonds. The average Bonchev–Trinajstić information content (AvgIpc) is 2.66. The second-order valence-electron chi connectivity index (χ2n) is 3.69. The molecule has 18 heavy (non-hydrogen) atoms. The van der Waals surface area contributed by atoms with Crippen LogP contribution in [0.2, 0.25) is 0 Å². The first-order chi connectivity index (χ1) is 8.58. The third-order valence-corrected chi connectivity index (χ3v) is 3.44. The number of hydrogen-bond donors (Lipinski definition) is 1. The monoisotopic (exact) mass is 264 g/mol. The molecule has 2 aromatic heterocycles. The average molecular weight is 264 g/mol. The van der Waals surface area contributed by atoms with Crippen LogP contribution in [-0.4, -0.2) is 21.0 Å². The predicted octanol–water partition coefficient (Wildman–Crippen LogP) is 2.43. The number of aromatic nitrogens is 2. The summed E-state index contributed by atoms with van der Waals surface area (Å²) in [7, 11) is 0. The number of pyridine rings is 1. The van der Waals surface area contributed by atoms with E-state index in [2.05, 4.69) is 9.97 Å². The number of hydrogen-bond acceptors (Lipinski definition) is 5. The van der Waals surface area contributed by atoms with Gasteiger partial charge in [-0.3, -0.25) is 0 Å². The fraction of sp³-hybridized carbons (Fsp3) is 0.250. The van der Waals surface area contributed by atoms with Crippen LogP contribution in [0.4, 0.5) is 0 Å². The van der Waals surface area contributed by atoms with Crippen LogP contribution in [0.1, 0.15) is 26.1 Å². The fourth-order valence-electron chi connectivity index (χ4n) is 1.41. The van der Waals surface area contributed by atoms with Crippen LogP contribution in [0.3, 0.4) is 0 Å². The molecule has 0 bridgehead atoms. The van der Waals surface area contributed by atoms with Crippen molar-refractivity contribution in [2.75, 3.05) is 0 Å². The molecule has 2 aromatic rings. The molecular weight excluding hydrogens is 252 g/mol. The van der Waals surface area contributed by atoms with Crippen LogP contribution in [0.5, 0.6) is 5.75 Å². The van der Waals surface area contributed by atoms with E-state index in [0.717, 1.165) is 15.6 Å². The van der Waals surface area contributed by atoms with E-state index in [1.165, 1.54) is 6.20 Å². The maximum atomic E-state index is 10.9. The Morgan fingerprint density at radius 3 is 2.89 bits per heavy atom. The SMILES string of the molecule is Cc1nc(COc2cccnc2C(=O)O)sc1C. The first-order valence-corrected chi connectivity index (χ1v) is 6.13. The van der Waals surface area contributed by atoms with Gasteiger partial charge in [-0.15, -0.1) is 11.3 Å². The van der Waals surface area contributed by atoms with Gasteiger partial charge in [0, 0.05) is 11.1 Å². The zero-order valence-electron chi connectivity index (χ0n) is 10.0. The quantitative estimate of drug-likeness (QED) is 0.918. The lowest BCUT2D eigenvalue weighted by molar-refractivity contribution is 0.0685. The van der Waals surface area contributed by atoms with Crippen LogP contribution >= 0.6 is 11.3 Å². The molecule has 2 rings (SSSR count). The van der Waals surface area contributed by atoms with Gasteiger partial charge in [0.15, 0.2) is 11.4 Å². The lowest BCUT2D eigenvalue weighted by Crippen LogP contribution is -2.05. The smallest absolute Gasteiger partial charge is 0.358 e. The van der Waals surface area contributed by atoms with Crippen LogP contribution in [-0.2, 0) is 6.61 Å². The molecule has 0 atom stereocenters. The minimum atomic E-state index is -1.10. The van der Waals surface area contributed by atoms with Gasteiger partial charge in [0.2, 0.25) is 0 Å². The van der Waals surface area contributed by atoms with Gasteiger partial charge in [0.1, 0.15) is 11.6 Å². The van der Waals surface area contributed by atoms with E-state index in [0.29, 0.717) is 0 Å². The molecule has 94 valence electrons. The Hall–Kier alpha value is -1.95. The maximum absolute atomic E-state index is 10.9. The highest BCUT2D eigenvalue weighted by atomic mass is 32.1. The van der Waals surface area contributed by atoms with E-state index >= 15 is 0 Å². The van der Waals surface area contributed by atoms with E-state index in [1.807, 2.05) is 13.8 Å². The molecule has 0 aliphatic rings. The summed E-state index contributed by atoms with van der Waals surface area (Å²) in [6.45, 7) is 4.18. The molecule has 0 radical (unpaired) electrons. The molecule has 0 spiro atoms. The Kier molecular flexibility index (Phi) is 3.57. The van der Waals surface area contributed by atoms with Crippen molar-refractivity contribution in [3.8, 4) is 5.75 Å². The number of carbonyl (C=O) groups is 1. The topological polar surface area (TPSA) is 72.3 Å². The standard InChI is InChI=1S/C12H12N2O3S/c1-7-8(2)18-10(14-7)6-17-9-4-3-5-13-11(9)12(15)16/h3-5H,6H2,1-2H3,(H,15,16). The Bertz CT molecular complexity index is 561. The van der Waals surface area contributed by atoms with Crippen molar-refractivity contribution < 1.29 is 14.6 Å². The summed E-state index contributed by atoms with van der Waals surface area (Å²) in [5.41, 5.74) is 0.894. The zero-order valence-corrected chi connectivity index (χ0v) is 10.8. The van der Waals surface area contributed by atoms with E-state index in [-0.39, 0.29) is 18.1 Å². The molecule has 0 aliphatic heterocycles. The molecule has 0 saturated carbocycles. The normalized spacial score (nSPS) is 10.3. The van der Waals surface area contributed by atoms with E-state index in [4.69, 9.17) is 9.84 Å². The molecule has 6 heteroatoms. The second kappa shape index (κ2) is 5.14. The number of rotatable bonds is 4. The van der Waals surface area contributed by atoms with Gasteiger partial charge in [-0.2, -0.15) is 0 Å². The summed E-state index contributed by atoms with van der Waals surface area (Å²) in [5, 5.41) is 9.78. The summed E-state index contributed by atoms with van der Waals surface area (Å²) in [6.07, 6.45) is 1.42. The number of aryl methyl sites for hydroxylation is 2. The first-order valence-electron chi connectivity index (χ1n) is 5.32.